The molecule has 408 valence electrons. The summed E-state index contributed by atoms with van der Waals surface area (Å²) < 4.78 is 16.9. The number of unbranched alkanes of at least 4 members (excludes halogenated alkanes) is 37. The van der Waals surface area contributed by atoms with Gasteiger partial charge in [0.15, 0.2) is 6.10 Å². The molecular formula is C64H116O6. The molecular weight excluding hydrogens is 865 g/mol. The Morgan fingerprint density at radius 2 is 0.557 bits per heavy atom. The SMILES string of the molecule is CC/C=C\C/C=C\C/C=C\C/C=C\CCCCCCCCCCCCCCC(=O)OCC(COC(=O)CCCCCCCCCCCCC)OC(=O)CCCCCCCCCCCCCCCCCC. The van der Waals surface area contributed by atoms with E-state index >= 15 is 0 Å². The Balaban J connectivity index is 4.22. The van der Waals surface area contributed by atoms with Crippen LogP contribution in [-0.2, 0) is 28.6 Å². The van der Waals surface area contributed by atoms with E-state index < -0.39 is 6.10 Å². The fraction of sp³-hybridized carbons (Fsp3) is 0.828. The van der Waals surface area contributed by atoms with Crippen LogP contribution in [0.5, 0.6) is 0 Å². The molecule has 0 aromatic carbocycles. The summed E-state index contributed by atoms with van der Waals surface area (Å²) in [5.41, 5.74) is 0. The Hall–Kier alpha value is -2.63. The van der Waals surface area contributed by atoms with Gasteiger partial charge >= 0.3 is 17.9 Å². The predicted octanol–water partition coefficient (Wildman–Crippen LogP) is 20.6. The zero-order valence-electron chi connectivity index (χ0n) is 46.8. The minimum atomic E-state index is -0.769. The standard InChI is InChI=1S/C64H116O6/c1-4-7-10-13-16-19-22-24-26-28-29-30-31-32-33-34-35-36-38-39-42-45-48-51-54-57-63(66)69-60-61(59-68-62(65)56-53-50-47-44-41-21-18-15-12-9-6-3)70-64(67)58-55-52-49-46-43-40-37-27-25-23-20-17-14-11-8-5-2/h7,10,16,19,24,26,29-30,61H,4-6,8-9,11-15,17-18,20-23,25,27-28,31-60H2,1-3H3/b10-7-,19-16-,26-24-,30-29-. The second kappa shape index (κ2) is 58.9. The molecule has 1 atom stereocenters. The van der Waals surface area contributed by atoms with Gasteiger partial charge in [-0.25, -0.2) is 0 Å². The topological polar surface area (TPSA) is 78.9 Å². The minimum Gasteiger partial charge on any atom is -0.462 e. The van der Waals surface area contributed by atoms with Gasteiger partial charge in [0.25, 0.3) is 0 Å². The van der Waals surface area contributed by atoms with Gasteiger partial charge in [0.2, 0.25) is 0 Å². The third kappa shape index (κ3) is 56.3. The summed E-state index contributed by atoms with van der Waals surface area (Å²) in [6, 6.07) is 0. The van der Waals surface area contributed by atoms with Gasteiger partial charge in [-0.1, -0.05) is 294 Å². The van der Waals surface area contributed by atoms with E-state index in [1.54, 1.807) is 0 Å². The molecule has 0 aromatic rings. The number of ether oxygens (including phenoxy) is 3. The number of hydrogen-bond acceptors (Lipinski definition) is 6. The highest BCUT2D eigenvalue weighted by molar-refractivity contribution is 5.71. The molecule has 6 heteroatoms. The Morgan fingerprint density at radius 1 is 0.300 bits per heavy atom. The van der Waals surface area contributed by atoms with Crippen molar-refractivity contribution in [1.29, 1.82) is 0 Å². The lowest BCUT2D eigenvalue weighted by Crippen LogP contribution is -2.30. The number of rotatable bonds is 56. The molecule has 0 aliphatic rings. The van der Waals surface area contributed by atoms with Crippen LogP contribution in [0.4, 0.5) is 0 Å². The van der Waals surface area contributed by atoms with Crippen LogP contribution in [0.15, 0.2) is 48.6 Å². The van der Waals surface area contributed by atoms with Crippen molar-refractivity contribution in [2.24, 2.45) is 0 Å². The molecule has 0 aliphatic carbocycles. The highest BCUT2D eigenvalue weighted by Crippen LogP contribution is 2.17. The monoisotopic (exact) mass is 981 g/mol. The maximum absolute atomic E-state index is 12.9. The van der Waals surface area contributed by atoms with E-state index in [4.69, 9.17) is 14.2 Å². The van der Waals surface area contributed by atoms with E-state index in [2.05, 4.69) is 69.4 Å². The number of carbonyl (C=O) groups is 3. The van der Waals surface area contributed by atoms with Crippen LogP contribution in [0.25, 0.3) is 0 Å². The largest absolute Gasteiger partial charge is 0.462 e. The van der Waals surface area contributed by atoms with E-state index in [9.17, 15) is 14.4 Å². The molecule has 0 saturated heterocycles. The quantitative estimate of drug-likeness (QED) is 0.0261. The van der Waals surface area contributed by atoms with Crippen LogP contribution in [0.3, 0.4) is 0 Å². The van der Waals surface area contributed by atoms with Gasteiger partial charge in [-0.15, -0.1) is 0 Å². The first-order valence-corrected chi connectivity index (χ1v) is 30.6. The van der Waals surface area contributed by atoms with Gasteiger partial charge in [-0.3, -0.25) is 14.4 Å². The molecule has 0 N–H and O–H groups in total. The first-order valence-electron chi connectivity index (χ1n) is 30.6. The van der Waals surface area contributed by atoms with Gasteiger partial charge in [-0.05, 0) is 57.8 Å². The van der Waals surface area contributed by atoms with Crippen molar-refractivity contribution >= 4 is 17.9 Å². The molecule has 70 heavy (non-hydrogen) atoms. The van der Waals surface area contributed by atoms with Crippen molar-refractivity contribution in [2.45, 2.75) is 329 Å². The molecule has 0 aromatic heterocycles. The Kier molecular flexibility index (Phi) is 56.7. The maximum atomic E-state index is 12.9. The lowest BCUT2D eigenvalue weighted by Gasteiger charge is -2.18. The van der Waals surface area contributed by atoms with Crippen molar-refractivity contribution in [2.75, 3.05) is 13.2 Å². The van der Waals surface area contributed by atoms with Gasteiger partial charge < -0.3 is 14.2 Å². The second-order valence-electron chi connectivity index (χ2n) is 20.6. The summed E-state index contributed by atoms with van der Waals surface area (Å²) in [7, 11) is 0. The zero-order chi connectivity index (χ0) is 50.7. The molecule has 6 nitrogen and oxygen atoms in total. The molecule has 0 rings (SSSR count). The van der Waals surface area contributed by atoms with Crippen molar-refractivity contribution in [3.8, 4) is 0 Å². The number of esters is 3. The highest BCUT2D eigenvalue weighted by atomic mass is 16.6. The zero-order valence-corrected chi connectivity index (χ0v) is 46.8. The van der Waals surface area contributed by atoms with Crippen molar-refractivity contribution in [1.82, 2.24) is 0 Å². The lowest BCUT2D eigenvalue weighted by atomic mass is 10.0. The van der Waals surface area contributed by atoms with Gasteiger partial charge in [-0.2, -0.15) is 0 Å². The fourth-order valence-corrected chi connectivity index (χ4v) is 9.02. The molecule has 0 bridgehead atoms. The van der Waals surface area contributed by atoms with E-state index in [0.29, 0.717) is 19.3 Å². The first kappa shape index (κ1) is 67.4. The Morgan fingerprint density at radius 3 is 0.871 bits per heavy atom. The molecule has 0 fully saturated rings. The van der Waals surface area contributed by atoms with E-state index in [1.807, 2.05) is 0 Å². The molecule has 0 saturated carbocycles. The van der Waals surface area contributed by atoms with Gasteiger partial charge in [0.05, 0.1) is 0 Å². The summed E-state index contributed by atoms with van der Waals surface area (Å²) in [6.45, 7) is 6.57. The first-order chi connectivity index (χ1) is 34.5. The summed E-state index contributed by atoms with van der Waals surface area (Å²) >= 11 is 0. The van der Waals surface area contributed by atoms with Crippen LogP contribution in [0, 0.1) is 0 Å². The van der Waals surface area contributed by atoms with Crippen LogP contribution >= 0.6 is 0 Å². The molecule has 0 heterocycles. The third-order valence-corrected chi connectivity index (χ3v) is 13.6. The molecule has 0 aliphatic heterocycles. The number of carbonyl (C=O) groups excluding carboxylic acids is 3. The van der Waals surface area contributed by atoms with Crippen LogP contribution in [0.2, 0.25) is 0 Å². The van der Waals surface area contributed by atoms with E-state index in [-0.39, 0.29) is 31.1 Å². The Labute approximate surface area is 435 Å². The average molecular weight is 982 g/mol. The summed E-state index contributed by atoms with van der Waals surface area (Å²) in [5.74, 6) is -0.851. The number of hydrogen-bond donors (Lipinski definition) is 0. The van der Waals surface area contributed by atoms with Crippen LogP contribution < -0.4 is 0 Å². The molecule has 0 radical (unpaired) electrons. The lowest BCUT2D eigenvalue weighted by molar-refractivity contribution is -0.167. The van der Waals surface area contributed by atoms with Crippen molar-refractivity contribution in [3.63, 3.8) is 0 Å². The van der Waals surface area contributed by atoms with Gasteiger partial charge in [0.1, 0.15) is 13.2 Å². The molecule has 0 spiro atoms. The maximum Gasteiger partial charge on any atom is 0.306 e. The highest BCUT2D eigenvalue weighted by Gasteiger charge is 2.19. The predicted molar refractivity (Wildman–Crippen MR) is 302 cm³/mol. The average Bonchev–Trinajstić information content (AvgIpc) is 3.36. The normalized spacial score (nSPS) is 12.3. The second-order valence-corrected chi connectivity index (χ2v) is 20.6. The minimum absolute atomic E-state index is 0.0679. The third-order valence-electron chi connectivity index (χ3n) is 13.6. The molecule has 1 unspecified atom stereocenters. The van der Waals surface area contributed by atoms with E-state index in [1.165, 1.54) is 199 Å². The van der Waals surface area contributed by atoms with Crippen LogP contribution in [0.1, 0.15) is 323 Å². The van der Waals surface area contributed by atoms with Crippen LogP contribution in [-0.4, -0.2) is 37.2 Å². The fourth-order valence-electron chi connectivity index (χ4n) is 9.02. The Bertz CT molecular complexity index is 1220. The summed E-state index contributed by atoms with van der Waals surface area (Å²) in [5, 5.41) is 0. The molecule has 0 amide bonds. The van der Waals surface area contributed by atoms with Crippen molar-refractivity contribution < 1.29 is 28.6 Å². The van der Waals surface area contributed by atoms with Crippen molar-refractivity contribution in [3.05, 3.63) is 48.6 Å². The van der Waals surface area contributed by atoms with E-state index in [0.717, 1.165) is 83.5 Å². The summed E-state index contributed by atoms with van der Waals surface area (Å²) in [6.07, 6.45) is 72.6. The smallest absolute Gasteiger partial charge is 0.306 e. The number of allylic oxidation sites excluding steroid dienone is 8. The van der Waals surface area contributed by atoms with Gasteiger partial charge in [0, 0.05) is 19.3 Å². The summed E-state index contributed by atoms with van der Waals surface area (Å²) in [4.78, 5) is 38.2.